The van der Waals surface area contributed by atoms with Crippen molar-refractivity contribution in [3.05, 3.63) is 64.1 Å². The average Bonchev–Trinajstić information content (AvgIpc) is 2.60. The van der Waals surface area contributed by atoms with E-state index in [0.717, 1.165) is 29.0 Å². The Morgan fingerprint density at radius 2 is 1.56 bits per heavy atom. The lowest BCUT2D eigenvalue weighted by molar-refractivity contribution is -0.121. The van der Waals surface area contributed by atoms with E-state index in [2.05, 4.69) is 5.32 Å². The first-order valence-corrected chi connectivity index (χ1v) is 11.1. The maximum Gasteiger partial charge on any atom is 0.243 e. The molecule has 0 aromatic heterocycles. The number of carbonyl (C=O) groups is 1. The zero-order valence-corrected chi connectivity index (χ0v) is 17.5. The van der Waals surface area contributed by atoms with Crippen molar-refractivity contribution in [1.82, 2.24) is 5.32 Å². The number of nitrogens with one attached hydrogen (secondary N) is 1. The Kier molecular flexibility index (Phi) is 7.53. The summed E-state index contributed by atoms with van der Waals surface area (Å²) in [7, 11) is -3.64. The number of aryl methyl sites for hydroxylation is 1. The zero-order chi connectivity index (χ0) is 20.0. The highest BCUT2D eigenvalue weighted by molar-refractivity contribution is 7.92. The molecule has 2 aromatic rings. The minimum atomic E-state index is -3.64. The van der Waals surface area contributed by atoms with Gasteiger partial charge in [-0.25, -0.2) is 8.42 Å². The number of halogens is 2. The molecule has 146 valence electrons. The molecule has 27 heavy (non-hydrogen) atoms. The Morgan fingerprint density at radius 3 is 2.07 bits per heavy atom. The number of hydrogen-bond acceptors (Lipinski definition) is 3. The van der Waals surface area contributed by atoms with Crippen LogP contribution >= 0.6 is 23.2 Å². The van der Waals surface area contributed by atoms with Crippen molar-refractivity contribution in [2.24, 2.45) is 0 Å². The van der Waals surface area contributed by atoms with E-state index in [1.54, 1.807) is 31.2 Å². The Hall–Kier alpha value is -1.76. The van der Waals surface area contributed by atoms with E-state index >= 15 is 0 Å². The number of nitrogens with zero attached hydrogens (tertiary/aromatic N) is 1. The van der Waals surface area contributed by atoms with Crippen LogP contribution in [0.25, 0.3) is 0 Å². The molecule has 0 heterocycles. The van der Waals surface area contributed by atoms with E-state index in [9.17, 15) is 13.2 Å². The summed E-state index contributed by atoms with van der Waals surface area (Å²) in [6.07, 6.45) is 2.60. The standard InChI is InChI=1S/C19H22Cl2N2O3S/c1-14(23(27(2,25)26)18-11-9-17(21)10-12-18)19(24)22-13-3-4-15-5-7-16(20)8-6-15/h5-12,14H,3-4,13H2,1-2H3,(H,22,24). The molecule has 0 bridgehead atoms. The van der Waals surface area contributed by atoms with E-state index in [1.165, 1.54) is 0 Å². The summed E-state index contributed by atoms with van der Waals surface area (Å²) in [6, 6.07) is 13.0. The van der Waals surface area contributed by atoms with Crippen LogP contribution in [-0.2, 0) is 21.2 Å². The molecule has 0 saturated heterocycles. The van der Waals surface area contributed by atoms with Crippen LogP contribution in [0.3, 0.4) is 0 Å². The second kappa shape index (κ2) is 9.44. The highest BCUT2D eigenvalue weighted by Gasteiger charge is 2.28. The van der Waals surface area contributed by atoms with Gasteiger partial charge < -0.3 is 5.32 Å². The second-order valence-corrected chi connectivity index (χ2v) is 8.96. The van der Waals surface area contributed by atoms with Gasteiger partial charge in [-0.3, -0.25) is 9.10 Å². The Bertz CT molecular complexity index is 869. The number of amides is 1. The predicted molar refractivity (Wildman–Crippen MR) is 111 cm³/mol. The molecular weight excluding hydrogens is 407 g/mol. The van der Waals surface area contributed by atoms with Crippen LogP contribution < -0.4 is 9.62 Å². The summed E-state index contributed by atoms with van der Waals surface area (Å²) in [5.74, 6) is -0.355. The molecule has 0 radical (unpaired) electrons. The Morgan fingerprint density at radius 1 is 1.04 bits per heavy atom. The Labute approximate surface area is 170 Å². The quantitative estimate of drug-likeness (QED) is 0.648. The zero-order valence-electron chi connectivity index (χ0n) is 15.2. The van der Waals surface area contributed by atoms with E-state index in [-0.39, 0.29) is 5.91 Å². The fourth-order valence-corrected chi connectivity index (χ4v) is 4.13. The highest BCUT2D eigenvalue weighted by Crippen LogP contribution is 2.23. The first-order valence-electron chi connectivity index (χ1n) is 8.45. The molecule has 8 heteroatoms. The summed E-state index contributed by atoms with van der Waals surface area (Å²) in [4.78, 5) is 12.5. The summed E-state index contributed by atoms with van der Waals surface area (Å²) in [6.45, 7) is 2.01. The summed E-state index contributed by atoms with van der Waals surface area (Å²) in [5.41, 5.74) is 1.52. The molecule has 2 rings (SSSR count). The largest absolute Gasteiger partial charge is 0.354 e. The van der Waals surface area contributed by atoms with Crippen LogP contribution in [0.1, 0.15) is 18.9 Å². The van der Waals surface area contributed by atoms with E-state index < -0.39 is 16.1 Å². The first kappa shape index (κ1) is 21.5. The molecule has 5 nitrogen and oxygen atoms in total. The SMILES string of the molecule is CC(C(=O)NCCCc1ccc(Cl)cc1)N(c1ccc(Cl)cc1)S(C)(=O)=O. The lowest BCUT2D eigenvalue weighted by Crippen LogP contribution is -2.48. The molecule has 0 aliphatic carbocycles. The number of hydrogen-bond donors (Lipinski definition) is 1. The molecule has 1 N–H and O–H groups in total. The smallest absolute Gasteiger partial charge is 0.243 e. The predicted octanol–water partition coefficient (Wildman–Crippen LogP) is 3.90. The van der Waals surface area contributed by atoms with Gasteiger partial charge in [-0.15, -0.1) is 0 Å². The van der Waals surface area contributed by atoms with Crippen molar-refractivity contribution in [2.45, 2.75) is 25.8 Å². The topological polar surface area (TPSA) is 66.5 Å². The molecule has 0 spiro atoms. The molecule has 0 fully saturated rings. The number of anilines is 1. The van der Waals surface area contributed by atoms with Gasteiger partial charge in [-0.2, -0.15) is 0 Å². The molecule has 1 unspecified atom stereocenters. The number of rotatable bonds is 8. The third kappa shape index (κ3) is 6.41. The normalized spacial score (nSPS) is 12.4. The van der Waals surface area contributed by atoms with E-state index in [4.69, 9.17) is 23.2 Å². The van der Waals surface area contributed by atoms with Gasteiger partial charge in [-0.1, -0.05) is 35.3 Å². The fraction of sp³-hybridized carbons (Fsp3) is 0.316. The molecule has 0 aliphatic heterocycles. The molecule has 2 aromatic carbocycles. The van der Waals surface area contributed by atoms with Crippen molar-refractivity contribution in [1.29, 1.82) is 0 Å². The summed E-state index contributed by atoms with van der Waals surface area (Å²) < 4.78 is 25.5. The molecule has 0 saturated carbocycles. The third-order valence-corrected chi connectivity index (χ3v) is 5.77. The lowest BCUT2D eigenvalue weighted by atomic mass is 10.1. The number of sulfonamides is 1. The van der Waals surface area contributed by atoms with Gasteiger partial charge in [0.1, 0.15) is 6.04 Å². The van der Waals surface area contributed by atoms with Crippen LogP contribution in [0.5, 0.6) is 0 Å². The molecular formula is C19H22Cl2N2O3S. The first-order chi connectivity index (χ1) is 12.7. The lowest BCUT2D eigenvalue weighted by Gasteiger charge is -2.28. The second-order valence-electron chi connectivity index (χ2n) is 6.23. The minimum Gasteiger partial charge on any atom is -0.354 e. The van der Waals surface area contributed by atoms with E-state index in [1.807, 2.05) is 24.3 Å². The van der Waals surface area contributed by atoms with Gasteiger partial charge in [0.05, 0.1) is 11.9 Å². The van der Waals surface area contributed by atoms with Gasteiger partial charge >= 0.3 is 0 Å². The van der Waals surface area contributed by atoms with Gasteiger partial charge in [0.15, 0.2) is 0 Å². The van der Waals surface area contributed by atoms with Crippen molar-refractivity contribution in [3.63, 3.8) is 0 Å². The van der Waals surface area contributed by atoms with Crippen LogP contribution in [-0.4, -0.2) is 33.2 Å². The van der Waals surface area contributed by atoms with Crippen LogP contribution in [0.2, 0.25) is 10.0 Å². The van der Waals surface area contributed by atoms with Gasteiger partial charge in [0.25, 0.3) is 0 Å². The molecule has 0 aliphatic rings. The van der Waals surface area contributed by atoms with Gasteiger partial charge in [0, 0.05) is 16.6 Å². The van der Waals surface area contributed by atoms with Crippen molar-refractivity contribution < 1.29 is 13.2 Å². The third-order valence-electron chi connectivity index (χ3n) is 4.02. The van der Waals surface area contributed by atoms with Crippen LogP contribution in [0.4, 0.5) is 5.69 Å². The van der Waals surface area contributed by atoms with Crippen LogP contribution in [0.15, 0.2) is 48.5 Å². The maximum absolute atomic E-state index is 12.5. The highest BCUT2D eigenvalue weighted by atomic mass is 35.5. The minimum absolute atomic E-state index is 0.355. The number of benzene rings is 2. The van der Waals surface area contributed by atoms with Crippen molar-refractivity contribution in [3.8, 4) is 0 Å². The van der Waals surface area contributed by atoms with Crippen molar-refractivity contribution >= 4 is 44.8 Å². The van der Waals surface area contributed by atoms with Crippen molar-refractivity contribution in [2.75, 3.05) is 17.1 Å². The monoisotopic (exact) mass is 428 g/mol. The average molecular weight is 429 g/mol. The Balaban J connectivity index is 1.96. The number of carbonyl (C=O) groups excluding carboxylic acids is 1. The van der Waals surface area contributed by atoms with Crippen LogP contribution in [0, 0.1) is 0 Å². The molecule has 1 atom stereocenters. The van der Waals surface area contributed by atoms with Gasteiger partial charge in [-0.05, 0) is 61.7 Å². The maximum atomic E-state index is 12.5. The van der Waals surface area contributed by atoms with E-state index in [0.29, 0.717) is 22.3 Å². The fourth-order valence-electron chi connectivity index (χ4n) is 2.70. The van der Waals surface area contributed by atoms with Gasteiger partial charge in [0.2, 0.25) is 15.9 Å². The summed E-state index contributed by atoms with van der Waals surface area (Å²) in [5, 5.41) is 3.98. The summed E-state index contributed by atoms with van der Waals surface area (Å²) >= 11 is 11.7. The molecule has 1 amide bonds.